The zero-order valence-corrected chi connectivity index (χ0v) is 18.7. The molecule has 31 heavy (non-hydrogen) atoms. The molecule has 160 valence electrons. The number of aromatic nitrogens is 2. The van der Waals surface area contributed by atoms with Crippen LogP contribution in [0.3, 0.4) is 0 Å². The van der Waals surface area contributed by atoms with E-state index in [1.54, 1.807) is 48.7 Å². The van der Waals surface area contributed by atoms with Gasteiger partial charge in [0, 0.05) is 30.8 Å². The predicted molar refractivity (Wildman–Crippen MR) is 121 cm³/mol. The normalized spacial score (nSPS) is 11.3. The second kappa shape index (κ2) is 8.75. The maximum atomic E-state index is 11.9. The smallest absolute Gasteiger partial charge is 0.232 e. The van der Waals surface area contributed by atoms with Crippen molar-refractivity contribution in [3.63, 3.8) is 0 Å². The van der Waals surface area contributed by atoms with Crippen LogP contribution in [-0.2, 0) is 19.9 Å². The van der Waals surface area contributed by atoms with E-state index in [0.717, 1.165) is 12.5 Å². The van der Waals surface area contributed by atoms with Crippen LogP contribution in [0.25, 0.3) is 0 Å². The Bertz CT molecular complexity index is 1370. The molecule has 1 N–H and O–H groups in total. The summed E-state index contributed by atoms with van der Waals surface area (Å²) in [6.45, 7) is 0. The lowest BCUT2D eigenvalue weighted by molar-refractivity contribution is 0.599. The summed E-state index contributed by atoms with van der Waals surface area (Å²) in [5.41, 5.74) is 2.07. The van der Waals surface area contributed by atoms with Crippen molar-refractivity contribution in [3.8, 4) is 11.8 Å². The van der Waals surface area contributed by atoms with Gasteiger partial charge in [0.05, 0.1) is 16.8 Å². The molecule has 1 aromatic heterocycles. The Kier molecular flexibility index (Phi) is 6.29. The molecule has 10 heteroatoms. The van der Waals surface area contributed by atoms with Gasteiger partial charge in [0.25, 0.3) is 0 Å². The Balaban J connectivity index is 1.84. The topological polar surface area (TPSA) is 109 Å². The van der Waals surface area contributed by atoms with Crippen molar-refractivity contribution < 1.29 is 16.8 Å². The molecule has 3 rings (SSSR count). The van der Waals surface area contributed by atoms with Gasteiger partial charge in [-0.1, -0.05) is 18.1 Å². The highest BCUT2D eigenvalue weighted by molar-refractivity contribution is 7.92. The molecular formula is C21H20N4O4S2. The van der Waals surface area contributed by atoms with Crippen LogP contribution in [-0.4, -0.2) is 46.4 Å². The van der Waals surface area contributed by atoms with Crippen LogP contribution in [0, 0.1) is 11.8 Å². The third kappa shape index (κ3) is 5.81. The molecule has 2 aromatic carbocycles. The second-order valence-electron chi connectivity index (χ2n) is 6.68. The lowest BCUT2D eigenvalue weighted by atomic mass is 10.2. The number of sulfonamides is 1. The fourth-order valence-electron chi connectivity index (χ4n) is 2.57. The number of nitrogens with one attached hydrogen (secondary N) is 1. The molecule has 8 nitrogen and oxygen atoms in total. The molecule has 1 heterocycles. The molecule has 0 spiro atoms. The number of anilines is 3. The van der Waals surface area contributed by atoms with Crippen molar-refractivity contribution in [2.45, 2.75) is 4.90 Å². The Hall–Kier alpha value is -3.42. The van der Waals surface area contributed by atoms with Gasteiger partial charge in [-0.05, 0) is 48.4 Å². The highest BCUT2D eigenvalue weighted by Gasteiger charge is 2.14. The zero-order valence-electron chi connectivity index (χ0n) is 17.1. The van der Waals surface area contributed by atoms with Crippen LogP contribution in [0.5, 0.6) is 0 Å². The number of para-hydroxylation sites is 1. The van der Waals surface area contributed by atoms with E-state index in [1.807, 2.05) is 0 Å². The van der Waals surface area contributed by atoms with Gasteiger partial charge in [0.15, 0.2) is 9.84 Å². The standard InChI is InChI=1S/C21H20N4O4S2/c1-25(31(3,28)29)20-7-5-4-6-16(20)8-9-18-14-15-22-21(24-18)23-17-10-12-19(13-11-17)30(2,26)27/h4-7,10-15H,1-3H3,(H,22,23,24). The Labute approximate surface area is 182 Å². The summed E-state index contributed by atoms with van der Waals surface area (Å²) in [4.78, 5) is 8.69. The van der Waals surface area contributed by atoms with Crippen LogP contribution in [0.2, 0.25) is 0 Å². The van der Waals surface area contributed by atoms with Crippen LogP contribution in [0.1, 0.15) is 11.3 Å². The first kappa shape index (κ1) is 22.3. The first-order valence-electron chi connectivity index (χ1n) is 8.99. The minimum Gasteiger partial charge on any atom is -0.324 e. The third-order valence-electron chi connectivity index (χ3n) is 4.26. The summed E-state index contributed by atoms with van der Waals surface area (Å²) in [5, 5.41) is 3.00. The van der Waals surface area contributed by atoms with E-state index in [4.69, 9.17) is 0 Å². The molecule has 0 amide bonds. The van der Waals surface area contributed by atoms with Gasteiger partial charge in [-0.3, -0.25) is 4.31 Å². The van der Waals surface area contributed by atoms with Crippen LogP contribution >= 0.6 is 0 Å². The van der Waals surface area contributed by atoms with Crippen molar-refractivity contribution in [3.05, 3.63) is 72.1 Å². The van der Waals surface area contributed by atoms with E-state index < -0.39 is 19.9 Å². The van der Waals surface area contributed by atoms with Crippen molar-refractivity contribution in [1.29, 1.82) is 0 Å². The molecule has 0 fully saturated rings. The van der Waals surface area contributed by atoms with Crippen molar-refractivity contribution in [1.82, 2.24) is 9.97 Å². The van der Waals surface area contributed by atoms with E-state index in [0.29, 0.717) is 28.6 Å². The molecule has 0 unspecified atom stereocenters. The summed E-state index contributed by atoms with van der Waals surface area (Å²) in [6.07, 6.45) is 3.81. The first-order chi connectivity index (χ1) is 14.5. The van der Waals surface area contributed by atoms with Gasteiger partial charge in [0.2, 0.25) is 16.0 Å². The summed E-state index contributed by atoms with van der Waals surface area (Å²) in [7, 11) is -5.22. The zero-order chi connectivity index (χ0) is 22.6. The van der Waals surface area contributed by atoms with Crippen molar-refractivity contribution in [2.75, 3.05) is 29.2 Å². The lowest BCUT2D eigenvalue weighted by Crippen LogP contribution is -2.25. The monoisotopic (exact) mass is 456 g/mol. The number of nitrogens with zero attached hydrogens (tertiary/aromatic N) is 3. The second-order valence-corrected chi connectivity index (χ2v) is 10.7. The van der Waals surface area contributed by atoms with Gasteiger partial charge < -0.3 is 5.32 Å². The van der Waals surface area contributed by atoms with Gasteiger partial charge in [-0.25, -0.2) is 26.8 Å². The molecular weight excluding hydrogens is 436 g/mol. The highest BCUT2D eigenvalue weighted by Crippen LogP contribution is 2.20. The fraction of sp³-hybridized carbons (Fsp3) is 0.143. The van der Waals surface area contributed by atoms with E-state index in [2.05, 4.69) is 27.1 Å². The molecule has 0 aliphatic rings. The number of benzene rings is 2. The lowest BCUT2D eigenvalue weighted by Gasteiger charge is -2.17. The summed E-state index contributed by atoms with van der Waals surface area (Å²) in [6, 6.07) is 14.8. The number of hydrogen-bond acceptors (Lipinski definition) is 7. The minimum atomic E-state index is -3.42. The SMILES string of the molecule is CN(c1ccccc1C#Cc1ccnc(Nc2ccc(S(C)(=O)=O)cc2)n1)S(C)(=O)=O. The highest BCUT2D eigenvalue weighted by atomic mass is 32.2. The number of hydrogen-bond donors (Lipinski definition) is 1. The van der Waals surface area contributed by atoms with Crippen LogP contribution in [0.4, 0.5) is 17.3 Å². The summed E-state index contributed by atoms with van der Waals surface area (Å²) in [5.74, 6) is 6.17. The summed E-state index contributed by atoms with van der Waals surface area (Å²) >= 11 is 0. The molecule has 0 aliphatic heterocycles. The average molecular weight is 457 g/mol. The van der Waals surface area contributed by atoms with Gasteiger partial charge in [-0.15, -0.1) is 0 Å². The van der Waals surface area contributed by atoms with Crippen LogP contribution < -0.4 is 9.62 Å². The average Bonchev–Trinajstić information content (AvgIpc) is 2.71. The Morgan fingerprint density at radius 1 is 0.903 bits per heavy atom. The summed E-state index contributed by atoms with van der Waals surface area (Å²) < 4.78 is 48.0. The Morgan fingerprint density at radius 2 is 1.58 bits per heavy atom. The largest absolute Gasteiger partial charge is 0.324 e. The van der Waals surface area contributed by atoms with Crippen molar-refractivity contribution >= 4 is 37.2 Å². The van der Waals surface area contributed by atoms with Gasteiger partial charge >= 0.3 is 0 Å². The number of sulfone groups is 1. The van der Waals surface area contributed by atoms with E-state index in [1.165, 1.54) is 23.5 Å². The van der Waals surface area contributed by atoms with E-state index in [-0.39, 0.29) is 4.90 Å². The molecule has 0 saturated heterocycles. The molecule has 0 bridgehead atoms. The molecule has 0 radical (unpaired) electrons. The molecule has 0 atom stereocenters. The predicted octanol–water partition coefficient (Wildman–Crippen LogP) is 2.42. The first-order valence-corrected chi connectivity index (χ1v) is 12.7. The number of rotatable bonds is 5. The van der Waals surface area contributed by atoms with E-state index >= 15 is 0 Å². The van der Waals surface area contributed by atoms with Crippen molar-refractivity contribution in [2.24, 2.45) is 0 Å². The van der Waals surface area contributed by atoms with E-state index in [9.17, 15) is 16.8 Å². The van der Waals surface area contributed by atoms with Crippen LogP contribution in [0.15, 0.2) is 65.7 Å². The third-order valence-corrected chi connectivity index (χ3v) is 6.58. The Morgan fingerprint density at radius 3 is 2.23 bits per heavy atom. The maximum absolute atomic E-state index is 11.9. The molecule has 3 aromatic rings. The molecule has 0 saturated carbocycles. The maximum Gasteiger partial charge on any atom is 0.232 e. The van der Waals surface area contributed by atoms with Gasteiger partial charge in [0.1, 0.15) is 5.69 Å². The quantitative estimate of drug-likeness (QED) is 0.587. The van der Waals surface area contributed by atoms with Gasteiger partial charge in [-0.2, -0.15) is 0 Å². The fourth-order valence-corrected chi connectivity index (χ4v) is 3.71. The molecule has 0 aliphatic carbocycles. The minimum absolute atomic E-state index is 0.219.